The van der Waals surface area contributed by atoms with Gasteiger partial charge >= 0.3 is 0 Å². The van der Waals surface area contributed by atoms with Crippen LogP contribution in [-0.4, -0.2) is 28.2 Å². The lowest BCUT2D eigenvalue weighted by Gasteiger charge is -2.04. The summed E-state index contributed by atoms with van der Waals surface area (Å²) in [6, 6.07) is 7.49. The second-order valence-electron chi connectivity index (χ2n) is 3.45. The lowest BCUT2D eigenvalue weighted by molar-refractivity contribution is 0.311. The predicted octanol–water partition coefficient (Wildman–Crippen LogP) is 2.20. The van der Waals surface area contributed by atoms with Gasteiger partial charge in [-0.3, -0.25) is 0 Å². The molecule has 0 saturated heterocycles. The molecule has 4 nitrogen and oxygen atoms in total. The van der Waals surface area contributed by atoms with E-state index in [1.807, 2.05) is 24.3 Å². The smallest absolute Gasteiger partial charge is 0.222 e. The summed E-state index contributed by atoms with van der Waals surface area (Å²) in [7, 11) is 0. The highest BCUT2D eigenvalue weighted by atomic mass is 35.5. The molecule has 0 atom stereocenters. The highest BCUT2D eigenvalue weighted by Gasteiger charge is 2.00. The van der Waals surface area contributed by atoms with Crippen molar-refractivity contribution < 1.29 is 5.11 Å². The molecule has 0 unspecified atom stereocenters. The first-order valence-electron chi connectivity index (χ1n) is 5.22. The maximum atomic E-state index is 8.66. The zero-order valence-electron chi connectivity index (χ0n) is 9.10. The van der Waals surface area contributed by atoms with Gasteiger partial charge in [0.15, 0.2) is 0 Å². The molecule has 0 saturated carbocycles. The molecule has 0 bridgehead atoms. The van der Waals surface area contributed by atoms with Gasteiger partial charge in [-0.15, -0.1) is 0 Å². The van der Waals surface area contributed by atoms with E-state index in [2.05, 4.69) is 15.3 Å². The van der Waals surface area contributed by atoms with Gasteiger partial charge in [-0.05, 0) is 17.7 Å². The van der Waals surface area contributed by atoms with Crippen molar-refractivity contribution in [3.05, 3.63) is 41.7 Å². The zero-order chi connectivity index (χ0) is 12.1. The number of hydrogen-bond donors (Lipinski definition) is 2. The molecule has 1 heterocycles. The van der Waals surface area contributed by atoms with Gasteiger partial charge in [0.25, 0.3) is 0 Å². The molecule has 0 aliphatic carbocycles. The maximum absolute atomic E-state index is 8.66. The van der Waals surface area contributed by atoms with Crippen LogP contribution < -0.4 is 5.32 Å². The number of aliphatic hydroxyl groups excluding tert-OH is 1. The van der Waals surface area contributed by atoms with Gasteiger partial charge in [-0.2, -0.15) is 0 Å². The molecular weight excluding hydrogens is 238 g/mol. The third-order valence-electron chi connectivity index (χ3n) is 2.22. The van der Waals surface area contributed by atoms with Crippen LogP contribution in [0.25, 0.3) is 11.1 Å². The highest BCUT2D eigenvalue weighted by Crippen LogP contribution is 2.20. The van der Waals surface area contributed by atoms with Crippen LogP contribution in [0.15, 0.2) is 36.7 Å². The monoisotopic (exact) mass is 249 g/mol. The Hall–Kier alpha value is -1.65. The molecule has 2 aromatic rings. The van der Waals surface area contributed by atoms with E-state index in [0.29, 0.717) is 17.5 Å². The number of nitrogens with zero attached hydrogens (tertiary/aromatic N) is 2. The first kappa shape index (κ1) is 11.8. The number of hydrogen-bond acceptors (Lipinski definition) is 4. The third kappa shape index (κ3) is 3.15. The standard InChI is InChI=1S/C12H12ClN3O/c13-11-3-1-9(2-4-11)10-7-15-12(16-8-10)14-5-6-17/h1-4,7-8,17H,5-6H2,(H,14,15,16). The molecule has 0 fully saturated rings. The Kier molecular flexibility index (Phi) is 3.90. The summed E-state index contributed by atoms with van der Waals surface area (Å²) in [5.41, 5.74) is 1.94. The fourth-order valence-corrected chi connectivity index (χ4v) is 1.50. The summed E-state index contributed by atoms with van der Waals surface area (Å²) in [5, 5.41) is 12.2. The number of aliphatic hydroxyl groups is 1. The summed E-state index contributed by atoms with van der Waals surface area (Å²) in [6.45, 7) is 0.503. The van der Waals surface area contributed by atoms with Gasteiger partial charge in [0.05, 0.1) is 6.61 Å². The molecule has 17 heavy (non-hydrogen) atoms. The Morgan fingerprint density at radius 3 is 2.29 bits per heavy atom. The van der Waals surface area contributed by atoms with Crippen LogP contribution in [-0.2, 0) is 0 Å². The van der Waals surface area contributed by atoms with E-state index in [1.54, 1.807) is 12.4 Å². The quantitative estimate of drug-likeness (QED) is 0.872. The lowest BCUT2D eigenvalue weighted by atomic mass is 10.1. The SMILES string of the molecule is OCCNc1ncc(-c2ccc(Cl)cc2)cn1. The molecule has 2 N–H and O–H groups in total. The van der Waals surface area contributed by atoms with Crippen molar-refractivity contribution in [1.82, 2.24) is 9.97 Å². The molecule has 0 aliphatic heterocycles. The number of nitrogens with one attached hydrogen (secondary N) is 1. The summed E-state index contributed by atoms with van der Waals surface area (Å²) in [4.78, 5) is 8.30. The minimum atomic E-state index is 0.0578. The van der Waals surface area contributed by atoms with Gasteiger partial charge < -0.3 is 10.4 Å². The van der Waals surface area contributed by atoms with E-state index in [4.69, 9.17) is 16.7 Å². The van der Waals surface area contributed by atoms with E-state index in [0.717, 1.165) is 11.1 Å². The second kappa shape index (κ2) is 5.61. The fourth-order valence-electron chi connectivity index (χ4n) is 1.38. The molecule has 0 amide bonds. The van der Waals surface area contributed by atoms with Crippen LogP contribution >= 0.6 is 11.6 Å². The van der Waals surface area contributed by atoms with E-state index in [-0.39, 0.29) is 6.61 Å². The van der Waals surface area contributed by atoms with Crippen molar-refractivity contribution in [2.75, 3.05) is 18.5 Å². The van der Waals surface area contributed by atoms with Gasteiger partial charge in [-0.25, -0.2) is 9.97 Å². The topological polar surface area (TPSA) is 58.0 Å². The fraction of sp³-hybridized carbons (Fsp3) is 0.167. The van der Waals surface area contributed by atoms with Gasteiger partial charge in [-0.1, -0.05) is 23.7 Å². The first-order chi connectivity index (χ1) is 8.29. The van der Waals surface area contributed by atoms with Crippen molar-refractivity contribution in [2.24, 2.45) is 0 Å². The predicted molar refractivity (Wildman–Crippen MR) is 68.1 cm³/mol. The zero-order valence-corrected chi connectivity index (χ0v) is 9.85. The summed E-state index contributed by atoms with van der Waals surface area (Å²) >= 11 is 5.82. The van der Waals surface area contributed by atoms with Crippen molar-refractivity contribution in [1.29, 1.82) is 0 Å². The van der Waals surface area contributed by atoms with E-state index in [1.165, 1.54) is 0 Å². The molecule has 0 spiro atoms. The maximum Gasteiger partial charge on any atom is 0.222 e. The van der Waals surface area contributed by atoms with E-state index < -0.39 is 0 Å². The summed E-state index contributed by atoms with van der Waals surface area (Å²) < 4.78 is 0. The largest absolute Gasteiger partial charge is 0.395 e. The third-order valence-corrected chi connectivity index (χ3v) is 2.48. The van der Waals surface area contributed by atoms with E-state index in [9.17, 15) is 0 Å². The normalized spacial score (nSPS) is 10.2. The van der Waals surface area contributed by atoms with Crippen molar-refractivity contribution >= 4 is 17.5 Å². The molecule has 1 aromatic heterocycles. The molecule has 88 valence electrons. The average molecular weight is 250 g/mol. The number of aromatic nitrogens is 2. The second-order valence-corrected chi connectivity index (χ2v) is 3.89. The molecule has 1 aromatic carbocycles. The Labute approximate surface area is 104 Å². The van der Waals surface area contributed by atoms with Crippen molar-refractivity contribution in [3.63, 3.8) is 0 Å². The van der Waals surface area contributed by atoms with Crippen molar-refractivity contribution in [2.45, 2.75) is 0 Å². The Morgan fingerprint density at radius 1 is 1.06 bits per heavy atom. The van der Waals surface area contributed by atoms with Gasteiger partial charge in [0.2, 0.25) is 5.95 Å². The minimum absolute atomic E-state index is 0.0578. The van der Waals surface area contributed by atoms with Crippen LogP contribution in [0.3, 0.4) is 0 Å². The number of rotatable bonds is 4. The van der Waals surface area contributed by atoms with Crippen LogP contribution in [0.2, 0.25) is 5.02 Å². The summed E-state index contributed by atoms with van der Waals surface area (Å²) in [6.07, 6.45) is 3.46. The Balaban J connectivity index is 2.14. The number of anilines is 1. The lowest BCUT2D eigenvalue weighted by Crippen LogP contribution is -2.08. The average Bonchev–Trinajstić information content (AvgIpc) is 2.38. The molecular formula is C12H12ClN3O. The molecule has 5 heteroatoms. The molecule has 0 radical (unpaired) electrons. The van der Waals surface area contributed by atoms with Crippen LogP contribution in [0.4, 0.5) is 5.95 Å². The minimum Gasteiger partial charge on any atom is -0.395 e. The van der Waals surface area contributed by atoms with Crippen LogP contribution in [0.5, 0.6) is 0 Å². The highest BCUT2D eigenvalue weighted by molar-refractivity contribution is 6.30. The molecule has 0 aliphatic rings. The van der Waals surface area contributed by atoms with Crippen molar-refractivity contribution in [3.8, 4) is 11.1 Å². The number of benzene rings is 1. The Morgan fingerprint density at radius 2 is 1.71 bits per heavy atom. The first-order valence-corrected chi connectivity index (χ1v) is 5.60. The molecule has 2 rings (SSSR count). The summed E-state index contributed by atoms with van der Waals surface area (Å²) in [5.74, 6) is 0.511. The van der Waals surface area contributed by atoms with E-state index >= 15 is 0 Å². The van der Waals surface area contributed by atoms with Gasteiger partial charge in [0, 0.05) is 29.5 Å². The van der Waals surface area contributed by atoms with Crippen LogP contribution in [0, 0.1) is 0 Å². The Bertz CT molecular complexity index is 470. The van der Waals surface area contributed by atoms with Crippen LogP contribution in [0.1, 0.15) is 0 Å². The number of halogens is 1. The van der Waals surface area contributed by atoms with Gasteiger partial charge in [0.1, 0.15) is 0 Å².